The van der Waals surface area contributed by atoms with Gasteiger partial charge in [0, 0.05) is 23.2 Å². The van der Waals surface area contributed by atoms with Crippen LogP contribution < -0.4 is 15.4 Å². The molecule has 0 aliphatic heterocycles. The summed E-state index contributed by atoms with van der Waals surface area (Å²) in [6, 6.07) is 11.1. The number of hydrogen-bond acceptors (Lipinski definition) is 4. The molecule has 2 N–H and O–H groups in total. The monoisotopic (exact) mass is 303 g/mol. The Bertz CT molecular complexity index is 619. The van der Waals surface area contributed by atoms with E-state index < -0.39 is 0 Å². The van der Waals surface area contributed by atoms with Crippen molar-refractivity contribution in [3.05, 3.63) is 48.2 Å². The maximum absolute atomic E-state index is 12.0. The lowest BCUT2D eigenvalue weighted by Crippen LogP contribution is -2.28. The second-order valence-corrected chi connectivity index (χ2v) is 5.03. The summed E-state index contributed by atoms with van der Waals surface area (Å²) in [6.45, 7) is 0.351. The zero-order valence-electron chi connectivity index (χ0n) is 11.9. The first kappa shape index (κ1) is 15.2. The average Bonchev–Trinajstić information content (AvgIpc) is 2.53. The van der Waals surface area contributed by atoms with E-state index in [0.717, 1.165) is 16.1 Å². The van der Waals surface area contributed by atoms with E-state index in [1.54, 1.807) is 31.1 Å². The Labute approximate surface area is 128 Å². The lowest BCUT2D eigenvalue weighted by Gasteiger charge is -2.11. The van der Waals surface area contributed by atoms with E-state index in [-0.39, 0.29) is 6.03 Å². The molecule has 1 heterocycles. The molecule has 0 saturated carbocycles. The van der Waals surface area contributed by atoms with Crippen molar-refractivity contribution < 1.29 is 9.53 Å². The summed E-state index contributed by atoms with van der Waals surface area (Å²) in [7, 11) is 1.56. The molecule has 2 aromatic rings. The maximum Gasteiger partial charge on any atom is 0.319 e. The van der Waals surface area contributed by atoms with Gasteiger partial charge in [-0.25, -0.2) is 9.78 Å². The molecule has 0 unspecified atom stereocenters. The van der Waals surface area contributed by atoms with Gasteiger partial charge in [-0.3, -0.25) is 0 Å². The first-order valence-electron chi connectivity index (χ1n) is 6.40. The van der Waals surface area contributed by atoms with Gasteiger partial charge >= 0.3 is 6.03 Å². The number of nitrogens with one attached hydrogen (secondary N) is 2. The highest BCUT2D eigenvalue weighted by Crippen LogP contribution is 2.24. The molecule has 0 fully saturated rings. The highest BCUT2D eigenvalue weighted by molar-refractivity contribution is 7.98. The SMILES string of the molecule is COc1ncccc1CNC(=O)Nc1ccccc1SC. The minimum absolute atomic E-state index is 0.262. The van der Waals surface area contributed by atoms with Crippen molar-refractivity contribution in [2.75, 3.05) is 18.7 Å². The number of hydrogen-bond donors (Lipinski definition) is 2. The van der Waals surface area contributed by atoms with Crippen LogP contribution in [0.2, 0.25) is 0 Å². The van der Waals surface area contributed by atoms with E-state index in [1.807, 2.05) is 36.6 Å². The molecular weight excluding hydrogens is 286 g/mol. The standard InChI is InChI=1S/C15H17N3O2S/c1-20-14-11(6-5-9-16-14)10-17-15(19)18-12-7-3-4-8-13(12)21-2/h3-9H,10H2,1-2H3,(H2,17,18,19). The number of methoxy groups -OCH3 is 1. The molecule has 5 nitrogen and oxygen atoms in total. The van der Waals surface area contributed by atoms with Crippen LogP contribution in [0.5, 0.6) is 5.88 Å². The smallest absolute Gasteiger partial charge is 0.319 e. The summed E-state index contributed by atoms with van der Waals surface area (Å²) in [5, 5.41) is 5.63. The number of aromatic nitrogens is 1. The molecule has 1 aromatic heterocycles. The average molecular weight is 303 g/mol. The number of thioether (sulfide) groups is 1. The first-order valence-corrected chi connectivity index (χ1v) is 7.63. The Hall–Kier alpha value is -2.21. The molecule has 2 rings (SSSR count). The van der Waals surface area contributed by atoms with Crippen LogP contribution in [0, 0.1) is 0 Å². The summed E-state index contributed by atoms with van der Waals surface area (Å²) in [6.07, 6.45) is 3.62. The van der Waals surface area contributed by atoms with Crippen LogP contribution in [-0.4, -0.2) is 24.4 Å². The van der Waals surface area contributed by atoms with Gasteiger partial charge in [0.15, 0.2) is 0 Å². The maximum atomic E-state index is 12.0. The number of rotatable bonds is 5. The van der Waals surface area contributed by atoms with Crippen molar-refractivity contribution in [2.24, 2.45) is 0 Å². The third-order valence-corrected chi connectivity index (χ3v) is 3.63. The number of carbonyl (C=O) groups excluding carboxylic acids is 1. The van der Waals surface area contributed by atoms with E-state index in [2.05, 4.69) is 15.6 Å². The lowest BCUT2D eigenvalue weighted by molar-refractivity contribution is 0.251. The molecule has 2 amide bonds. The van der Waals surface area contributed by atoms with Gasteiger partial charge in [0.25, 0.3) is 0 Å². The van der Waals surface area contributed by atoms with Gasteiger partial charge in [0.05, 0.1) is 12.8 Å². The van der Waals surface area contributed by atoms with E-state index in [9.17, 15) is 4.79 Å². The fourth-order valence-corrected chi connectivity index (χ4v) is 2.39. The van der Waals surface area contributed by atoms with E-state index in [1.165, 1.54) is 0 Å². The number of benzene rings is 1. The molecule has 110 valence electrons. The van der Waals surface area contributed by atoms with Crippen molar-refractivity contribution in [2.45, 2.75) is 11.4 Å². The minimum Gasteiger partial charge on any atom is -0.481 e. The second kappa shape index (κ2) is 7.54. The topological polar surface area (TPSA) is 63.2 Å². The van der Waals surface area contributed by atoms with Crippen molar-refractivity contribution in [3.8, 4) is 5.88 Å². The molecule has 0 spiro atoms. The van der Waals surface area contributed by atoms with Gasteiger partial charge in [0.2, 0.25) is 5.88 Å². The third-order valence-electron chi connectivity index (χ3n) is 2.84. The Morgan fingerprint density at radius 2 is 2.10 bits per heavy atom. The number of carbonyl (C=O) groups is 1. The zero-order chi connectivity index (χ0) is 15.1. The van der Waals surface area contributed by atoms with Crippen molar-refractivity contribution in [1.29, 1.82) is 0 Å². The van der Waals surface area contributed by atoms with E-state index in [0.29, 0.717) is 12.4 Å². The molecule has 0 atom stereocenters. The largest absolute Gasteiger partial charge is 0.481 e. The van der Waals surface area contributed by atoms with Crippen LogP contribution in [0.1, 0.15) is 5.56 Å². The predicted molar refractivity (Wildman–Crippen MR) is 84.9 cm³/mol. The molecular formula is C15H17N3O2S. The normalized spacial score (nSPS) is 10.0. The highest BCUT2D eigenvalue weighted by atomic mass is 32.2. The number of amides is 2. The van der Waals surface area contributed by atoms with E-state index >= 15 is 0 Å². The Morgan fingerprint density at radius 1 is 1.29 bits per heavy atom. The van der Waals surface area contributed by atoms with Gasteiger partial charge in [-0.05, 0) is 24.5 Å². The summed E-state index contributed by atoms with van der Waals surface area (Å²) in [5.74, 6) is 0.516. The minimum atomic E-state index is -0.262. The summed E-state index contributed by atoms with van der Waals surface area (Å²) in [5.41, 5.74) is 1.62. The molecule has 6 heteroatoms. The van der Waals surface area contributed by atoms with Crippen LogP contribution in [0.25, 0.3) is 0 Å². The van der Waals surface area contributed by atoms with Crippen molar-refractivity contribution >= 4 is 23.5 Å². The van der Waals surface area contributed by atoms with Crippen LogP contribution in [0.4, 0.5) is 10.5 Å². The van der Waals surface area contributed by atoms with Crippen molar-refractivity contribution in [3.63, 3.8) is 0 Å². The zero-order valence-corrected chi connectivity index (χ0v) is 12.7. The number of anilines is 1. The Balaban J connectivity index is 1.96. The third kappa shape index (κ3) is 4.13. The fourth-order valence-electron chi connectivity index (χ4n) is 1.83. The number of ether oxygens (including phenoxy) is 1. The van der Waals surface area contributed by atoms with Crippen LogP contribution in [0.15, 0.2) is 47.5 Å². The lowest BCUT2D eigenvalue weighted by atomic mass is 10.2. The van der Waals surface area contributed by atoms with E-state index in [4.69, 9.17) is 4.74 Å². The number of urea groups is 1. The van der Waals surface area contributed by atoms with Crippen LogP contribution in [0.3, 0.4) is 0 Å². The number of pyridine rings is 1. The Kier molecular flexibility index (Phi) is 5.45. The van der Waals surface area contributed by atoms with Gasteiger partial charge in [0.1, 0.15) is 0 Å². The van der Waals surface area contributed by atoms with Gasteiger partial charge in [-0.1, -0.05) is 18.2 Å². The van der Waals surface area contributed by atoms with Gasteiger partial charge < -0.3 is 15.4 Å². The number of para-hydroxylation sites is 1. The highest BCUT2D eigenvalue weighted by Gasteiger charge is 2.07. The molecule has 0 bridgehead atoms. The van der Waals surface area contributed by atoms with Crippen molar-refractivity contribution in [1.82, 2.24) is 10.3 Å². The molecule has 21 heavy (non-hydrogen) atoms. The predicted octanol–water partition coefficient (Wildman–Crippen LogP) is 3.13. The second-order valence-electron chi connectivity index (χ2n) is 4.18. The fraction of sp³-hybridized carbons (Fsp3) is 0.200. The van der Waals surface area contributed by atoms with Gasteiger partial charge in [-0.2, -0.15) is 0 Å². The molecule has 0 aliphatic rings. The summed E-state index contributed by atoms with van der Waals surface area (Å²) in [4.78, 5) is 17.1. The Morgan fingerprint density at radius 3 is 2.86 bits per heavy atom. The quantitative estimate of drug-likeness (QED) is 0.833. The summed E-state index contributed by atoms with van der Waals surface area (Å²) < 4.78 is 5.15. The molecule has 0 aliphatic carbocycles. The molecule has 0 radical (unpaired) electrons. The first-order chi connectivity index (χ1) is 10.2. The summed E-state index contributed by atoms with van der Waals surface area (Å²) >= 11 is 1.59. The molecule has 0 saturated heterocycles. The van der Waals surface area contributed by atoms with Crippen LogP contribution >= 0.6 is 11.8 Å². The van der Waals surface area contributed by atoms with Crippen LogP contribution in [-0.2, 0) is 6.54 Å². The van der Waals surface area contributed by atoms with Gasteiger partial charge in [-0.15, -0.1) is 11.8 Å². The molecule has 1 aromatic carbocycles. The number of nitrogens with zero attached hydrogens (tertiary/aromatic N) is 1.